The first kappa shape index (κ1) is 16.0. The van der Waals surface area contributed by atoms with E-state index in [9.17, 15) is 0 Å². The number of benzene rings is 2. The fraction of sp³-hybridized carbons (Fsp3) is 0.250. The summed E-state index contributed by atoms with van der Waals surface area (Å²) in [5.41, 5.74) is 3.11. The molecular formula is C20H20N2O2S. The molecule has 0 saturated heterocycles. The molecule has 0 amide bonds. The van der Waals surface area contributed by atoms with Crippen LogP contribution in [0.2, 0.25) is 0 Å². The first-order chi connectivity index (χ1) is 12.3. The van der Waals surface area contributed by atoms with Crippen LogP contribution in [0.5, 0.6) is 11.5 Å². The van der Waals surface area contributed by atoms with Crippen LogP contribution in [0.15, 0.2) is 48.7 Å². The number of rotatable bonds is 6. The number of fused-ring (bicyclic) bond motifs is 3. The normalized spacial score (nSPS) is 11.3. The Bertz CT molecular complexity index is 1020. The van der Waals surface area contributed by atoms with E-state index >= 15 is 0 Å². The standard InChI is InChI=1S/C20H20N2O2S/c1-3-11-24-14-9-10-17-19(12-14)25-20-21-16(13-22(17)20)15-7-5-6-8-18(15)23-4-2/h5-10,12-13H,3-4,11H2,1-2H3. The SMILES string of the molecule is CCCOc1ccc2c(c1)sc1nc(-c3ccccc3OCC)cn12. The number of aromatic nitrogens is 2. The Morgan fingerprint density at radius 1 is 1.08 bits per heavy atom. The summed E-state index contributed by atoms with van der Waals surface area (Å²) in [6.45, 7) is 5.49. The van der Waals surface area contributed by atoms with Crippen LogP contribution in [0.4, 0.5) is 0 Å². The second-order valence-corrected chi connectivity index (χ2v) is 6.80. The van der Waals surface area contributed by atoms with Gasteiger partial charge in [0, 0.05) is 11.8 Å². The molecule has 2 aromatic heterocycles. The molecule has 4 aromatic rings. The largest absolute Gasteiger partial charge is 0.494 e. The van der Waals surface area contributed by atoms with Crippen molar-refractivity contribution in [1.82, 2.24) is 9.38 Å². The smallest absolute Gasteiger partial charge is 0.195 e. The van der Waals surface area contributed by atoms with Crippen molar-refractivity contribution in [2.45, 2.75) is 20.3 Å². The van der Waals surface area contributed by atoms with Crippen molar-refractivity contribution < 1.29 is 9.47 Å². The number of ether oxygens (including phenoxy) is 2. The molecule has 0 N–H and O–H groups in total. The Labute approximate surface area is 150 Å². The maximum Gasteiger partial charge on any atom is 0.195 e. The lowest BCUT2D eigenvalue weighted by Gasteiger charge is -2.07. The maximum absolute atomic E-state index is 5.74. The van der Waals surface area contributed by atoms with Crippen molar-refractivity contribution in [1.29, 1.82) is 0 Å². The molecule has 4 nitrogen and oxygen atoms in total. The van der Waals surface area contributed by atoms with Gasteiger partial charge in [0.2, 0.25) is 0 Å². The second kappa shape index (κ2) is 6.76. The summed E-state index contributed by atoms with van der Waals surface area (Å²) in [4.78, 5) is 5.79. The Hall–Kier alpha value is -2.53. The van der Waals surface area contributed by atoms with E-state index in [-0.39, 0.29) is 0 Å². The van der Waals surface area contributed by atoms with E-state index in [0.717, 1.165) is 46.3 Å². The zero-order valence-electron chi connectivity index (χ0n) is 14.4. The first-order valence-corrected chi connectivity index (χ1v) is 9.38. The summed E-state index contributed by atoms with van der Waals surface area (Å²) in [5, 5.41) is 0. The van der Waals surface area contributed by atoms with Gasteiger partial charge in [-0.05, 0) is 43.7 Å². The highest BCUT2D eigenvalue weighted by atomic mass is 32.1. The molecule has 4 rings (SSSR count). The van der Waals surface area contributed by atoms with Crippen LogP contribution in [-0.4, -0.2) is 22.6 Å². The van der Waals surface area contributed by atoms with Crippen LogP contribution in [0.1, 0.15) is 20.3 Å². The van der Waals surface area contributed by atoms with Gasteiger partial charge in [0.05, 0.1) is 29.1 Å². The molecule has 0 fully saturated rings. The van der Waals surface area contributed by atoms with Gasteiger partial charge in [0.25, 0.3) is 0 Å². The zero-order chi connectivity index (χ0) is 17.2. The average molecular weight is 352 g/mol. The minimum Gasteiger partial charge on any atom is -0.494 e. The lowest BCUT2D eigenvalue weighted by atomic mass is 10.1. The van der Waals surface area contributed by atoms with E-state index in [4.69, 9.17) is 14.5 Å². The van der Waals surface area contributed by atoms with Crippen LogP contribution in [0.25, 0.3) is 26.4 Å². The monoisotopic (exact) mass is 352 g/mol. The number of thiazole rings is 1. The zero-order valence-corrected chi connectivity index (χ0v) is 15.2. The van der Waals surface area contributed by atoms with Crippen molar-refractivity contribution in [2.24, 2.45) is 0 Å². The Balaban J connectivity index is 1.76. The van der Waals surface area contributed by atoms with Crippen molar-refractivity contribution >= 4 is 26.5 Å². The fourth-order valence-electron chi connectivity index (χ4n) is 2.88. The molecular weight excluding hydrogens is 332 g/mol. The molecule has 25 heavy (non-hydrogen) atoms. The Morgan fingerprint density at radius 2 is 1.96 bits per heavy atom. The van der Waals surface area contributed by atoms with Crippen LogP contribution >= 0.6 is 11.3 Å². The molecule has 0 unspecified atom stereocenters. The van der Waals surface area contributed by atoms with E-state index in [1.807, 2.05) is 31.2 Å². The highest BCUT2D eigenvalue weighted by molar-refractivity contribution is 7.23. The van der Waals surface area contributed by atoms with Crippen molar-refractivity contribution in [2.75, 3.05) is 13.2 Å². The van der Waals surface area contributed by atoms with Gasteiger partial charge in [-0.15, -0.1) is 0 Å². The van der Waals surface area contributed by atoms with Crippen molar-refractivity contribution in [3.05, 3.63) is 48.7 Å². The molecule has 0 aliphatic heterocycles. The van der Waals surface area contributed by atoms with Crippen LogP contribution in [-0.2, 0) is 0 Å². The van der Waals surface area contributed by atoms with Gasteiger partial charge in [0.15, 0.2) is 4.96 Å². The molecule has 0 radical (unpaired) electrons. The first-order valence-electron chi connectivity index (χ1n) is 8.56. The third kappa shape index (κ3) is 2.96. The van der Waals surface area contributed by atoms with Gasteiger partial charge in [-0.2, -0.15) is 0 Å². The fourth-order valence-corrected chi connectivity index (χ4v) is 3.92. The summed E-state index contributed by atoms with van der Waals surface area (Å²) in [5.74, 6) is 1.79. The predicted octanol–water partition coefficient (Wildman–Crippen LogP) is 5.40. The van der Waals surface area contributed by atoms with Crippen LogP contribution < -0.4 is 9.47 Å². The number of imidazole rings is 1. The number of hydrogen-bond donors (Lipinski definition) is 0. The Kier molecular flexibility index (Phi) is 4.32. The Morgan fingerprint density at radius 3 is 2.80 bits per heavy atom. The molecule has 0 aliphatic carbocycles. The molecule has 2 heterocycles. The topological polar surface area (TPSA) is 35.8 Å². The quantitative estimate of drug-likeness (QED) is 0.466. The third-order valence-electron chi connectivity index (χ3n) is 4.00. The van der Waals surface area contributed by atoms with E-state index in [2.05, 4.69) is 35.7 Å². The van der Waals surface area contributed by atoms with Crippen molar-refractivity contribution in [3.63, 3.8) is 0 Å². The highest BCUT2D eigenvalue weighted by Gasteiger charge is 2.13. The van der Waals surface area contributed by atoms with Gasteiger partial charge in [-0.1, -0.05) is 30.4 Å². The van der Waals surface area contributed by atoms with Gasteiger partial charge in [-0.3, -0.25) is 4.40 Å². The van der Waals surface area contributed by atoms with Crippen LogP contribution in [0.3, 0.4) is 0 Å². The summed E-state index contributed by atoms with van der Waals surface area (Å²) in [6.07, 6.45) is 3.09. The molecule has 0 bridgehead atoms. The molecule has 0 atom stereocenters. The predicted molar refractivity (Wildman–Crippen MR) is 103 cm³/mol. The third-order valence-corrected chi connectivity index (χ3v) is 5.02. The molecule has 5 heteroatoms. The minimum absolute atomic E-state index is 0.642. The van der Waals surface area contributed by atoms with Crippen molar-refractivity contribution in [3.8, 4) is 22.8 Å². The van der Waals surface area contributed by atoms with Gasteiger partial charge in [-0.25, -0.2) is 4.98 Å². The van der Waals surface area contributed by atoms with Gasteiger partial charge >= 0.3 is 0 Å². The van der Waals surface area contributed by atoms with E-state index in [1.165, 1.54) is 4.70 Å². The molecule has 0 saturated carbocycles. The minimum atomic E-state index is 0.642. The number of nitrogens with zero attached hydrogens (tertiary/aromatic N) is 2. The van der Waals surface area contributed by atoms with Crippen LogP contribution in [0, 0.1) is 0 Å². The summed E-state index contributed by atoms with van der Waals surface area (Å²) in [6, 6.07) is 14.3. The molecule has 0 aliphatic rings. The summed E-state index contributed by atoms with van der Waals surface area (Å²) in [7, 11) is 0. The molecule has 0 spiro atoms. The average Bonchev–Trinajstić information content (AvgIpc) is 3.18. The van der Waals surface area contributed by atoms with E-state index in [1.54, 1.807) is 11.3 Å². The second-order valence-electron chi connectivity index (χ2n) is 5.79. The van der Waals surface area contributed by atoms with Gasteiger partial charge < -0.3 is 9.47 Å². The summed E-state index contributed by atoms with van der Waals surface area (Å²) >= 11 is 1.68. The van der Waals surface area contributed by atoms with E-state index in [0.29, 0.717) is 6.61 Å². The summed E-state index contributed by atoms with van der Waals surface area (Å²) < 4.78 is 14.8. The maximum atomic E-state index is 5.74. The molecule has 2 aromatic carbocycles. The number of hydrogen-bond acceptors (Lipinski definition) is 4. The molecule has 128 valence electrons. The lowest BCUT2D eigenvalue weighted by Crippen LogP contribution is -1.94. The van der Waals surface area contributed by atoms with Gasteiger partial charge in [0.1, 0.15) is 11.5 Å². The lowest BCUT2D eigenvalue weighted by molar-refractivity contribution is 0.318. The van der Waals surface area contributed by atoms with E-state index < -0.39 is 0 Å². The highest BCUT2D eigenvalue weighted by Crippen LogP contribution is 2.34. The number of para-hydroxylation sites is 1.